The first-order chi connectivity index (χ1) is 7.04. The lowest BCUT2D eigenvalue weighted by molar-refractivity contribution is 0.559. The van der Waals surface area contributed by atoms with Crippen molar-refractivity contribution in [3.05, 3.63) is 29.7 Å². The number of rotatable bonds is 1. The van der Waals surface area contributed by atoms with Gasteiger partial charge in [0.25, 0.3) is 0 Å². The van der Waals surface area contributed by atoms with E-state index in [1.165, 1.54) is 0 Å². The summed E-state index contributed by atoms with van der Waals surface area (Å²) in [6, 6.07) is 1.88. The third-order valence-electron chi connectivity index (χ3n) is 2.36. The molecular formula is C11H15N3S. The summed E-state index contributed by atoms with van der Waals surface area (Å²) < 4.78 is 1.83. The van der Waals surface area contributed by atoms with Gasteiger partial charge in [0.1, 0.15) is 0 Å². The quantitative estimate of drug-likeness (QED) is 0.750. The van der Waals surface area contributed by atoms with Gasteiger partial charge in [-0.3, -0.25) is 0 Å². The van der Waals surface area contributed by atoms with E-state index in [9.17, 15) is 0 Å². The number of nitrogens with zero attached hydrogens (tertiary/aromatic N) is 3. The van der Waals surface area contributed by atoms with Crippen molar-refractivity contribution in [2.24, 2.45) is 0 Å². The second kappa shape index (κ2) is 3.52. The second-order valence-corrected chi connectivity index (χ2v) is 4.94. The Kier molecular flexibility index (Phi) is 2.46. The van der Waals surface area contributed by atoms with Crippen LogP contribution in [0.1, 0.15) is 32.0 Å². The van der Waals surface area contributed by atoms with Gasteiger partial charge in [-0.05, 0) is 6.07 Å². The molecule has 3 nitrogen and oxygen atoms in total. The van der Waals surface area contributed by atoms with Crippen molar-refractivity contribution in [1.29, 1.82) is 0 Å². The molecule has 0 bridgehead atoms. The van der Waals surface area contributed by atoms with Crippen LogP contribution in [-0.2, 0) is 11.2 Å². The molecular weight excluding hydrogens is 206 g/mol. The Bertz CT molecular complexity index is 482. The Morgan fingerprint density at radius 3 is 2.73 bits per heavy atom. The van der Waals surface area contributed by atoms with E-state index in [2.05, 4.69) is 43.5 Å². The molecule has 2 rings (SSSR count). The van der Waals surface area contributed by atoms with Crippen LogP contribution in [0.15, 0.2) is 18.5 Å². The minimum atomic E-state index is 0.0335. The van der Waals surface area contributed by atoms with Crippen LogP contribution < -0.4 is 0 Å². The van der Waals surface area contributed by atoms with E-state index >= 15 is 0 Å². The maximum atomic E-state index is 4.56. The molecule has 0 aliphatic rings. The van der Waals surface area contributed by atoms with Crippen LogP contribution in [0.25, 0.3) is 5.65 Å². The summed E-state index contributed by atoms with van der Waals surface area (Å²) in [4.78, 5) is 4.34. The van der Waals surface area contributed by atoms with Crippen LogP contribution >= 0.6 is 12.6 Å². The molecule has 2 aromatic rings. The van der Waals surface area contributed by atoms with Gasteiger partial charge in [-0.15, -0.1) is 0 Å². The molecule has 0 fully saturated rings. The zero-order chi connectivity index (χ0) is 11.1. The molecule has 4 heteroatoms. The van der Waals surface area contributed by atoms with Gasteiger partial charge in [-0.1, -0.05) is 20.8 Å². The number of aromatic nitrogens is 3. The Balaban J connectivity index is 2.75. The molecule has 0 aliphatic heterocycles. The zero-order valence-electron chi connectivity index (χ0n) is 9.23. The number of hydrogen-bond donors (Lipinski definition) is 1. The van der Waals surface area contributed by atoms with Gasteiger partial charge in [-0.25, -0.2) is 9.50 Å². The summed E-state index contributed by atoms with van der Waals surface area (Å²) in [6.07, 6.45) is 3.71. The molecule has 0 aromatic carbocycles. The minimum Gasteiger partial charge on any atom is -0.237 e. The Hall–Kier alpha value is -1.03. The molecule has 0 amide bonds. The van der Waals surface area contributed by atoms with Crippen molar-refractivity contribution in [2.45, 2.75) is 31.9 Å². The van der Waals surface area contributed by atoms with E-state index in [1.807, 2.05) is 16.8 Å². The van der Waals surface area contributed by atoms with Crippen molar-refractivity contribution >= 4 is 18.3 Å². The average Bonchev–Trinajstić information content (AvgIpc) is 2.55. The van der Waals surface area contributed by atoms with E-state index in [-0.39, 0.29) is 5.41 Å². The molecule has 0 unspecified atom stereocenters. The molecule has 0 atom stereocenters. The summed E-state index contributed by atoms with van der Waals surface area (Å²) in [5.74, 6) is 0.674. The van der Waals surface area contributed by atoms with Gasteiger partial charge in [0, 0.05) is 29.1 Å². The molecule has 0 N–H and O–H groups in total. The predicted molar refractivity (Wildman–Crippen MR) is 64.4 cm³/mol. The second-order valence-electron chi connectivity index (χ2n) is 4.62. The molecule has 0 saturated carbocycles. The highest BCUT2D eigenvalue weighted by atomic mass is 32.1. The van der Waals surface area contributed by atoms with Crippen LogP contribution in [0, 0.1) is 0 Å². The third-order valence-corrected chi connectivity index (χ3v) is 2.68. The molecule has 0 aliphatic carbocycles. The lowest BCUT2D eigenvalue weighted by Crippen LogP contribution is -2.14. The summed E-state index contributed by atoms with van der Waals surface area (Å²) >= 11 is 4.36. The fourth-order valence-corrected chi connectivity index (χ4v) is 1.97. The maximum absolute atomic E-state index is 4.56. The van der Waals surface area contributed by atoms with Crippen molar-refractivity contribution < 1.29 is 0 Å². The van der Waals surface area contributed by atoms with Gasteiger partial charge in [0.2, 0.25) is 0 Å². The molecule has 2 heterocycles. The molecule has 0 radical (unpaired) electrons. The van der Waals surface area contributed by atoms with Gasteiger partial charge in [0.05, 0.1) is 5.69 Å². The van der Waals surface area contributed by atoms with Gasteiger partial charge in [0.15, 0.2) is 5.65 Å². The number of thiol groups is 1. The smallest absolute Gasteiger partial charge is 0.159 e. The van der Waals surface area contributed by atoms with E-state index in [4.69, 9.17) is 0 Å². The highest BCUT2D eigenvalue weighted by Crippen LogP contribution is 2.27. The highest BCUT2D eigenvalue weighted by molar-refractivity contribution is 7.79. The van der Waals surface area contributed by atoms with E-state index < -0.39 is 0 Å². The Labute approximate surface area is 94.9 Å². The predicted octanol–water partition coefficient (Wildman–Crippen LogP) is 2.46. The molecule has 15 heavy (non-hydrogen) atoms. The molecule has 80 valence electrons. The van der Waals surface area contributed by atoms with Crippen LogP contribution in [0.4, 0.5) is 0 Å². The van der Waals surface area contributed by atoms with Crippen LogP contribution in [0.3, 0.4) is 0 Å². The fourth-order valence-electron chi connectivity index (χ4n) is 1.68. The van der Waals surface area contributed by atoms with E-state index in [0.717, 1.165) is 16.9 Å². The van der Waals surface area contributed by atoms with Gasteiger partial charge < -0.3 is 0 Å². The summed E-state index contributed by atoms with van der Waals surface area (Å²) in [6.45, 7) is 6.46. The maximum Gasteiger partial charge on any atom is 0.159 e. The third kappa shape index (κ3) is 1.74. The molecule has 2 aromatic heterocycles. The average molecular weight is 221 g/mol. The number of fused-ring (bicyclic) bond motifs is 1. The summed E-state index contributed by atoms with van der Waals surface area (Å²) in [5, 5.41) is 4.56. The molecule has 0 spiro atoms. The fraction of sp³-hybridized carbons (Fsp3) is 0.455. The highest BCUT2D eigenvalue weighted by Gasteiger charge is 2.23. The normalized spacial score (nSPS) is 12.3. The summed E-state index contributed by atoms with van der Waals surface area (Å²) in [7, 11) is 0. The SMILES string of the molecule is CC(C)(C)c1nn2cccnc2c1CS. The molecule has 0 saturated heterocycles. The van der Waals surface area contributed by atoms with Crippen molar-refractivity contribution in [1.82, 2.24) is 14.6 Å². The lowest BCUT2D eigenvalue weighted by Gasteiger charge is -2.16. The minimum absolute atomic E-state index is 0.0335. The van der Waals surface area contributed by atoms with E-state index in [1.54, 1.807) is 6.20 Å². The van der Waals surface area contributed by atoms with Crippen molar-refractivity contribution in [3.8, 4) is 0 Å². The lowest BCUT2D eigenvalue weighted by atomic mass is 9.90. The van der Waals surface area contributed by atoms with Crippen LogP contribution in [0.5, 0.6) is 0 Å². The van der Waals surface area contributed by atoms with Gasteiger partial charge in [-0.2, -0.15) is 17.7 Å². The first kappa shape index (κ1) is 10.5. The largest absolute Gasteiger partial charge is 0.237 e. The van der Waals surface area contributed by atoms with Crippen molar-refractivity contribution in [2.75, 3.05) is 0 Å². The monoisotopic (exact) mass is 221 g/mol. The first-order valence-electron chi connectivity index (χ1n) is 4.97. The first-order valence-corrected chi connectivity index (χ1v) is 5.61. The van der Waals surface area contributed by atoms with E-state index in [0.29, 0.717) is 5.75 Å². The van der Waals surface area contributed by atoms with Gasteiger partial charge >= 0.3 is 0 Å². The van der Waals surface area contributed by atoms with Crippen LogP contribution in [-0.4, -0.2) is 14.6 Å². The topological polar surface area (TPSA) is 30.2 Å². The number of hydrogen-bond acceptors (Lipinski definition) is 3. The standard InChI is InChI=1S/C11H15N3S/c1-11(2,3)9-8(7-15)10-12-5-4-6-14(10)13-9/h4-6,15H,7H2,1-3H3. The van der Waals surface area contributed by atoms with Crippen molar-refractivity contribution in [3.63, 3.8) is 0 Å². The Morgan fingerprint density at radius 1 is 1.40 bits per heavy atom. The summed E-state index contributed by atoms with van der Waals surface area (Å²) in [5.41, 5.74) is 3.16. The zero-order valence-corrected chi connectivity index (χ0v) is 10.1. The Morgan fingerprint density at radius 2 is 2.13 bits per heavy atom. The van der Waals surface area contributed by atoms with Crippen LogP contribution in [0.2, 0.25) is 0 Å².